The molecule has 0 aliphatic rings. The number of primary amides is 1. The molecule has 0 spiro atoms. The SMILES string of the molecule is CC.CCC(=O)O.CCCNC(N)=O.CNCC(=O)NC(C(=O)NCC(=O)Nc1ccc(COC(=O)C(C)C)cc1OCCN)C(C)C. The monoisotopic (exact) mass is 685 g/mol. The van der Waals surface area contributed by atoms with Gasteiger partial charge in [-0.3, -0.25) is 24.0 Å². The van der Waals surface area contributed by atoms with Gasteiger partial charge in [-0.1, -0.05) is 61.5 Å². The van der Waals surface area contributed by atoms with Gasteiger partial charge in [0.2, 0.25) is 17.7 Å². The highest BCUT2D eigenvalue weighted by atomic mass is 16.5. The van der Waals surface area contributed by atoms with Crippen LogP contribution in [0.4, 0.5) is 10.5 Å². The van der Waals surface area contributed by atoms with Gasteiger partial charge in [-0.05, 0) is 37.1 Å². The lowest BCUT2D eigenvalue weighted by Crippen LogP contribution is -2.52. The van der Waals surface area contributed by atoms with E-state index in [2.05, 4.69) is 26.6 Å². The number of carboxylic acids is 1. The molecule has 0 radical (unpaired) electrons. The molecule has 1 aromatic carbocycles. The van der Waals surface area contributed by atoms with Crippen LogP contribution in [0.5, 0.6) is 5.75 Å². The first-order chi connectivity index (χ1) is 22.6. The zero-order valence-electron chi connectivity index (χ0n) is 30.0. The Hall–Kier alpha value is -4.44. The van der Waals surface area contributed by atoms with Gasteiger partial charge in [0.1, 0.15) is 25.0 Å². The molecule has 0 aromatic heterocycles. The largest absolute Gasteiger partial charge is 0.490 e. The van der Waals surface area contributed by atoms with Crippen LogP contribution in [0.3, 0.4) is 0 Å². The van der Waals surface area contributed by atoms with Crippen molar-refractivity contribution in [2.45, 2.75) is 80.9 Å². The number of rotatable bonds is 17. The Morgan fingerprint density at radius 3 is 1.98 bits per heavy atom. The van der Waals surface area contributed by atoms with Crippen molar-refractivity contribution in [1.29, 1.82) is 0 Å². The van der Waals surface area contributed by atoms with Crippen molar-refractivity contribution in [1.82, 2.24) is 21.3 Å². The third kappa shape index (κ3) is 25.7. The summed E-state index contributed by atoms with van der Waals surface area (Å²) in [6, 6.07) is 3.76. The number of hydrogen-bond acceptors (Lipinski definition) is 10. The molecule has 16 nitrogen and oxygen atoms in total. The molecule has 0 fully saturated rings. The van der Waals surface area contributed by atoms with Crippen molar-refractivity contribution in [3.05, 3.63) is 23.8 Å². The first kappa shape index (κ1) is 48.0. The van der Waals surface area contributed by atoms with Crippen LogP contribution in [0.1, 0.15) is 73.8 Å². The fourth-order valence-corrected chi connectivity index (χ4v) is 3.01. The number of carboxylic acid groups (broad SMARTS) is 1. The zero-order chi connectivity index (χ0) is 37.7. The third-order valence-corrected chi connectivity index (χ3v) is 5.43. The second-order valence-electron chi connectivity index (χ2n) is 10.4. The fraction of sp³-hybridized carbons (Fsp3) is 0.625. The lowest BCUT2D eigenvalue weighted by atomic mass is 10.0. The molecular weight excluding hydrogens is 626 g/mol. The van der Waals surface area contributed by atoms with Gasteiger partial charge in [-0.15, -0.1) is 0 Å². The van der Waals surface area contributed by atoms with E-state index in [1.165, 1.54) is 0 Å². The Labute approximate surface area is 284 Å². The maximum Gasteiger partial charge on any atom is 0.312 e. The van der Waals surface area contributed by atoms with E-state index in [0.29, 0.717) is 23.5 Å². The molecule has 1 atom stereocenters. The molecule has 1 unspecified atom stereocenters. The summed E-state index contributed by atoms with van der Waals surface area (Å²) >= 11 is 0. The Balaban J connectivity index is -0.00000121. The molecular formula is C32H59N7O9. The van der Waals surface area contributed by atoms with Crippen molar-refractivity contribution in [3.63, 3.8) is 0 Å². The number of nitrogens with one attached hydrogen (secondary N) is 5. The summed E-state index contributed by atoms with van der Waals surface area (Å²) in [5, 5.41) is 20.8. The van der Waals surface area contributed by atoms with Crippen molar-refractivity contribution in [3.8, 4) is 5.75 Å². The number of benzene rings is 1. The molecule has 0 bridgehead atoms. The highest BCUT2D eigenvalue weighted by Crippen LogP contribution is 2.26. The number of amides is 5. The number of carbonyl (C=O) groups excluding carboxylic acids is 5. The number of esters is 1. The number of nitrogens with two attached hydrogens (primary N) is 2. The van der Waals surface area contributed by atoms with Crippen LogP contribution in [0.25, 0.3) is 0 Å². The van der Waals surface area contributed by atoms with E-state index in [-0.39, 0.29) is 63.0 Å². The number of hydrogen-bond donors (Lipinski definition) is 8. The predicted octanol–water partition coefficient (Wildman–Crippen LogP) is 1.71. The topological polar surface area (TPSA) is 253 Å². The minimum Gasteiger partial charge on any atom is -0.490 e. The van der Waals surface area contributed by atoms with Crippen LogP contribution in [0.15, 0.2) is 18.2 Å². The molecule has 1 rings (SSSR count). The molecule has 0 heterocycles. The van der Waals surface area contributed by atoms with Crippen LogP contribution >= 0.6 is 0 Å². The number of likely N-dealkylation sites (N-methyl/N-ethyl adjacent to an activating group) is 1. The molecule has 5 amide bonds. The summed E-state index contributed by atoms with van der Waals surface area (Å²) in [5.74, 6) is -2.37. The molecule has 276 valence electrons. The molecule has 0 saturated carbocycles. The van der Waals surface area contributed by atoms with Crippen LogP contribution in [-0.2, 0) is 35.3 Å². The predicted molar refractivity (Wildman–Crippen MR) is 185 cm³/mol. The summed E-state index contributed by atoms with van der Waals surface area (Å²) in [6.07, 6.45) is 1.16. The van der Waals surface area contributed by atoms with Crippen LogP contribution in [-0.4, -0.2) is 86.7 Å². The summed E-state index contributed by atoms with van der Waals surface area (Å²) in [6.45, 7) is 15.7. The maximum absolute atomic E-state index is 12.5. The minimum atomic E-state index is -0.773. The zero-order valence-corrected chi connectivity index (χ0v) is 30.0. The standard InChI is InChI=1S/C23H37N5O6.C4H10N2O.C3H6O2.C2H6/c1-14(2)21(28-19(29)11-25-5)22(31)26-12-20(30)27-17-7-6-16(10-18(17)33-9-8-24)13-34-23(32)15(3)4;1-2-3-6-4(5)7;1-2-3(4)5;1-2/h6-7,10,14-15,21,25H,8-9,11-13,24H2,1-5H3,(H,26,31)(H,27,30)(H,28,29);2-3H2,1H3,(H3,5,6,7);2H2,1H3,(H,4,5);1-2H3. The first-order valence-corrected chi connectivity index (χ1v) is 16.0. The Kier molecular flexibility index (Phi) is 29.9. The normalized spacial score (nSPS) is 10.3. The lowest BCUT2D eigenvalue weighted by molar-refractivity contribution is -0.148. The highest BCUT2D eigenvalue weighted by molar-refractivity contribution is 5.97. The Bertz CT molecular complexity index is 1100. The Morgan fingerprint density at radius 1 is 0.938 bits per heavy atom. The van der Waals surface area contributed by atoms with Gasteiger partial charge in [-0.25, -0.2) is 4.79 Å². The minimum absolute atomic E-state index is 0.0656. The number of urea groups is 1. The second-order valence-corrected chi connectivity index (χ2v) is 10.4. The third-order valence-electron chi connectivity index (χ3n) is 5.43. The molecule has 48 heavy (non-hydrogen) atoms. The highest BCUT2D eigenvalue weighted by Gasteiger charge is 2.24. The van der Waals surface area contributed by atoms with E-state index < -0.39 is 29.9 Å². The second kappa shape index (κ2) is 29.9. The summed E-state index contributed by atoms with van der Waals surface area (Å²) in [5.41, 5.74) is 11.3. The van der Waals surface area contributed by atoms with Crippen LogP contribution in [0.2, 0.25) is 0 Å². The van der Waals surface area contributed by atoms with Crippen LogP contribution < -0.4 is 42.8 Å². The number of anilines is 1. The van der Waals surface area contributed by atoms with Crippen LogP contribution in [0, 0.1) is 11.8 Å². The summed E-state index contributed by atoms with van der Waals surface area (Å²) in [7, 11) is 1.63. The number of carbonyl (C=O) groups is 6. The smallest absolute Gasteiger partial charge is 0.312 e. The van der Waals surface area contributed by atoms with E-state index in [4.69, 9.17) is 26.0 Å². The number of ether oxygens (including phenoxy) is 2. The lowest BCUT2D eigenvalue weighted by Gasteiger charge is -2.21. The van der Waals surface area contributed by atoms with E-state index in [9.17, 15) is 28.8 Å². The van der Waals surface area contributed by atoms with Gasteiger partial charge in [0.25, 0.3) is 0 Å². The van der Waals surface area contributed by atoms with Crippen molar-refractivity contribution >= 4 is 41.4 Å². The fourth-order valence-electron chi connectivity index (χ4n) is 3.01. The summed E-state index contributed by atoms with van der Waals surface area (Å²) in [4.78, 5) is 67.7. The van der Waals surface area contributed by atoms with Gasteiger partial charge >= 0.3 is 18.0 Å². The quantitative estimate of drug-likeness (QED) is 0.110. The first-order valence-electron chi connectivity index (χ1n) is 16.0. The van der Waals surface area contributed by atoms with E-state index >= 15 is 0 Å². The van der Waals surface area contributed by atoms with Crippen molar-refractivity contribution in [2.75, 3.05) is 45.2 Å². The van der Waals surface area contributed by atoms with E-state index in [1.807, 2.05) is 20.8 Å². The summed E-state index contributed by atoms with van der Waals surface area (Å²) < 4.78 is 10.9. The van der Waals surface area contributed by atoms with Gasteiger partial charge in [0.05, 0.1) is 24.7 Å². The van der Waals surface area contributed by atoms with Gasteiger partial charge < -0.3 is 52.6 Å². The van der Waals surface area contributed by atoms with Crippen molar-refractivity contribution < 1.29 is 43.3 Å². The van der Waals surface area contributed by atoms with E-state index in [0.717, 1.165) is 6.42 Å². The average Bonchev–Trinajstić information content (AvgIpc) is 3.05. The Morgan fingerprint density at radius 2 is 1.54 bits per heavy atom. The maximum atomic E-state index is 12.5. The van der Waals surface area contributed by atoms with Gasteiger partial charge in [0.15, 0.2) is 0 Å². The van der Waals surface area contributed by atoms with Crippen molar-refractivity contribution in [2.24, 2.45) is 23.3 Å². The molecule has 0 saturated heterocycles. The molecule has 1 aromatic rings. The molecule has 10 N–H and O–H groups in total. The molecule has 0 aliphatic heterocycles. The molecule has 16 heteroatoms. The molecule has 0 aliphatic carbocycles. The van der Waals surface area contributed by atoms with Gasteiger partial charge in [-0.2, -0.15) is 0 Å². The van der Waals surface area contributed by atoms with E-state index in [1.54, 1.807) is 59.9 Å². The number of aliphatic carboxylic acids is 1. The van der Waals surface area contributed by atoms with Gasteiger partial charge in [0, 0.05) is 19.5 Å². The average molecular weight is 686 g/mol.